The van der Waals surface area contributed by atoms with Crippen molar-refractivity contribution < 1.29 is 13.9 Å². The SMILES string of the molecule is CC1(C)OCC2C(C3CC3)C(F)C(=O)N21. The number of hydrogen-bond donors (Lipinski definition) is 0. The zero-order chi connectivity index (χ0) is 10.8. The van der Waals surface area contributed by atoms with Gasteiger partial charge in [0, 0.05) is 5.92 Å². The molecule has 2 heterocycles. The van der Waals surface area contributed by atoms with Gasteiger partial charge in [-0.3, -0.25) is 4.79 Å². The molecule has 84 valence electrons. The predicted octanol–water partition coefficient (Wildman–Crippen LogP) is 1.33. The molecule has 2 aliphatic heterocycles. The lowest BCUT2D eigenvalue weighted by atomic mass is 9.94. The van der Waals surface area contributed by atoms with E-state index in [2.05, 4.69) is 0 Å². The first kappa shape index (κ1) is 9.58. The molecule has 3 aliphatic rings. The molecule has 15 heavy (non-hydrogen) atoms. The predicted molar refractivity (Wildman–Crippen MR) is 51.8 cm³/mol. The lowest BCUT2D eigenvalue weighted by molar-refractivity contribution is -0.145. The molecular formula is C11H16FNO2. The zero-order valence-electron chi connectivity index (χ0n) is 9.07. The number of nitrogens with zero attached hydrogens (tertiary/aromatic N) is 1. The summed E-state index contributed by atoms with van der Waals surface area (Å²) in [6.45, 7) is 4.18. The van der Waals surface area contributed by atoms with Crippen molar-refractivity contribution in [3.05, 3.63) is 0 Å². The van der Waals surface area contributed by atoms with Crippen molar-refractivity contribution in [1.29, 1.82) is 0 Å². The van der Waals surface area contributed by atoms with Crippen LogP contribution in [0.3, 0.4) is 0 Å². The van der Waals surface area contributed by atoms with E-state index < -0.39 is 11.9 Å². The first-order valence-corrected chi connectivity index (χ1v) is 5.63. The van der Waals surface area contributed by atoms with Gasteiger partial charge in [0.05, 0.1) is 12.6 Å². The van der Waals surface area contributed by atoms with Gasteiger partial charge in [0.1, 0.15) is 5.72 Å². The van der Waals surface area contributed by atoms with Crippen LogP contribution in [-0.2, 0) is 9.53 Å². The number of hydrogen-bond acceptors (Lipinski definition) is 2. The van der Waals surface area contributed by atoms with E-state index in [0.29, 0.717) is 12.5 Å². The quantitative estimate of drug-likeness (QED) is 0.657. The third kappa shape index (κ3) is 1.17. The summed E-state index contributed by atoms with van der Waals surface area (Å²) in [5, 5.41) is 0. The molecule has 3 rings (SSSR count). The highest BCUT2D eigenvalue weighted by Gasteiger charge is 2.60. The summed E-state index contributed by atoms with van der Waals surface area (Å²) in [6.07, 6.45) is 0.859. The number of amides is 1. The van der Waals surface area contributed by atoms with Crippen molar-refractivity contribution in [2.45, 2.75) is 44.6 Å². The highest BCUT2D eigenvalue weighted by atomic mass is 19.1. The van der Waals surface area contributed by atoms with Crippen LogP contribution >= 0.6 is 0 Å². The van der Waals surface area contributed by atoms with Gasteiger partial charge in [-0.15, -0.1) is 0 Å². The second-order valence-corrected chi connectivity index (χ2v) is 5.35. The highest BCUT2D eigenvalue weighted by Crippen LogP contribution is 2.50. The smallest absolute Gasteiger partial charge is 0.260 e. The maximum Gasteiger partial charge on any atom is 0.260 e. The first-order chi connectivity index (χ1) is 7.02. The number of carbonyl (C=O) groups excluding carboxylic acids is 1. The number of halogens is 1. The fourth-order valence-electron chi connectivity index (χ4n) is 3.07. The number of ether oxygens (including phenoxy) is 1. The Balaban J connectivity index is 1.93. The molecule has 1 amide bonds. The van der Waals surface area contributed by atoms with Crippen LogP contribution < -0.4 is 0 Å². The van der Waals surface area contributed by atoms with Crippen molar-refractivity contribution >= 4 is 5.91 Å². The Morgan fingerprint density at radius 3 is 2.73 bits per heavy atom. The molecular weight excluding hydrogens is 197 g/mol. The maximum absolute atomic E-state index is 13.9. The molecule has 0 aromatic heterocycles. The third-order valence-corrected chi connectivity index (χ3v) is 3.94. The molecule has 3 atom stereocenters. The van der Waals surface area contributed by atoms with Gasteiger partial charge < -0.3 is 9.64 Å². The van der Waals surface area contributed by atoms with Crippen molar-refractivity contribution in [2.75, 3.05) is 6.61 Å². The van der Waals surface area contributed by atoms with Crippen LogP contribution in [0.15, 0.2) is 0 Å². The van der Waals surface area contributed by atoms with Crippen molar-refractivity contribution in [3.63, 3.8) is 0 Å². The van der Waals surface area contributed by atoms with Crippen LogP contribution in [-0.4, -0.2) is 35.4 Å². The van der Waals surface area contributed by atoms with Crippen LogP contribution in [0, 0.1) is 11.8 Å². The van der Waals surface area contributed by atoms with E-state index >= 15 is 0 Å². The standard InChI is InChI=1S/C11H16FNO2/c1-11(2)13-7(5-15-11)8(6-3-4-6)9(12)10(13)14/h6-9H,3-5H2,1-2H3. The van der Waals surface area contributed by atoms with Crippen LogP contribution in [0.1, 0.15) is 26.7 Å². The van der Waals surface area contributed by atoms with E-state index in [1.54, 1.807) is 4.90 Å². The minimum Gasteiger partial charge on any atom is -0.354 e. The number of fused-ring (bicyclic) bond motifs is 1. The summed E-state index contributed by atoms with van der Waals surface area (Å²) in [7, 11) is 0. The fraction of sp³-hybridized carbons (Fsp3) is 0.909. The maximum atomic E-state index is 13.9. The summed E-state index contributed by atoms with van der Waals surface area (Å²) in [6, 6.07) is -0.0185. The number of carbonyl (C=O) groups is 1. The van der Waals surface area contributed by atoms with E-state index in [1.807, 2.05) is 13.8 Å². The molecule has 3 nitrogen and oxygen atoms in total. The largest absolute Gasteiger partial charge is 0.354 e. The normalized spacial score (nSPS) is 43.5. The van der Waals surface area contributed by atoms with E-state index in [4.69, 9.17) is 4.74 Å². The molecule has 4 heteroatoms. The molecule has 1 saturated carbocycles. The molecule has 0 spiro atoms. The van der Waals surface area contributed by atoms with Crippen LogP contribution in [0.4, 0.5) is 4.39 Å². The van der Waals surface area contributed by atoms with Gasteiger partial charge in [-0.2, -0.15) is 0 Å². The second-order valence-electron chi connectivity index (χ2n) is 5.35. The van der Waals surface area contributed by atoms with Crippen LogP contribution in [0.2, 0.25) is 0 Å². The lowest BCUT2D eigenvalue weighted by Crippen LogP contribution is -2.44. The summed E-state index contributed by atoms with van der Waals surface area (Å²) >= 11 is 0. The number of rotatable bonds is 1. The van der Waals surface area contributed by atoms with E-state index in [-0.39, 0.29) is 17.9 Å². The van der Waals surface area contributed by atoms with Crippen LogP contribution in [0.25, 0.3) is 0 Å². The minimum absolute atomic E-state index is 0.0185. The molecule has 0 aromatic carbocycles. The average molecular weight is 213 g/mol. The zero-order valence-corrected chi connectivity index (χ0v) is 9.07. The van der Waals surface area contributed by atoms with Crippen molar-refractivity contribution in [1.82, 2.24) is 4.90 Å². The Hall–Kier alpha value is -0.640. The minimum atomic E-state index is -1.29. The Morgan fingerprint density at radius 1 is 1.47 bits per heavy atom. The van der Waals surface area contributed by atoms with Gasteiger partial charge in [-0.1, -0.05) is 0 Å². The fourth-order valence-corrected chi connectivity index (χ4v) is 3.07. The summed E-state index contributed by atoms with van der Waals surface area (Å²) in [4.78, 5) is 13.4. The Morgan fingerprint density at radius 2 is 2.13 bits per heavy atom. The Labute approximate surface area is 88.6 Å². The summed E-state index contributed by atoms with van der Waals surface area (Å²) in [5.41, 5.74) is -0.615. The molecule has 2 saturated heterocycles. The van der Waals surface area contributed by atoms with Gasteiger partial charge in [0.15, 0.2) is 6.17 Å². The van der Waals surface area contributed by atoms with Gasteiger partial charge >= 0.3 is 0 Å². The van der Waals surface area contributed by atoms with Crippen molar-refractivity contribution in [2.24, 2.45) is 11.8 Å². The van der Waals surface area contributed by atoms with Crippen LogP contribution in [0.5, 0.6) is 0 Å². The molecule has 3 fully saturated rings. The third-order valence-electron chi connectivity index (χ3n) is 3.94. The van der Waals surface area contributed by atoms with E-state index in [9.17, 15) is 9.18 Å². The molecule has 0 bridgehead atoms. The molecule has 0 N–H and O–H groups in total. The topological polar surface area (TPSA) is 29.5 Å². The van der Waals surface area contributed by atoms with Gasteiger partial charge in [-0.05, 0) is 32.6 Å². The molecule has 3 unspecified atom stereocenters. The Kier molecular flexibility index (Phi) is 1.74. The van der Waals surface area contributed by atoms with E-state index in [0.717, 1.165) is 12.8 Å². The van der Waals surface area contributed by atoms with Crippen molar-refractivity contribution in [3.8, 4) is 0 Å². The van der Waals surface area contributed by atoms with Gasteiger partial charge in [0.2, 0.25) is 0 Å². The van der Waals surface area contributed by atoms with Gasteiger partial charge in [0.25, 0.3) is 5.91 Å². The first-order valence-electron chi connectivity index (χ1n) is 5.63. The average Bonchev–Trinajstić information content (AvgIpc) is 2.88. The number of alkyl halides is 1. The lowest BCUT2D eigenvalue weighted by Gasteiger charge is -2.29. The summed E-state index contributed by atoms with van der Waals surface area (Å²) < 4.78 is 19.5. The Bertz CT molecular complexity index is 314. The molecule has 0 radical (unpaired) electrons. The second kappa shape index (κ2) is 2.73. The molecule has 1 aliphatic carbocycles. The monoisotopic (exact) mass is 213 g/mol. The van der Waals surface area contributed by atoms with E-state index in [1.165, 1.54) is 0 Å². The summed E-state index contributed by atoms with van der Waals surface area (Å²) in [5.74, 6) is -0.0601. The van der Waals surface area contributed by atoms with Gasteiger partial charge in [-0.25, -0.2) is 4.39 Å². The highest BCUT2D eigenvalue weighted by molar-refractivity contribution is 5.85. The molecule has 0 aromatic rings.